The van der Waals surface area contributed by atoms with Gasteiger partial charge in [-0.2, -0.15) is 26.3 Å². The summed E-state index contributed by atoms with van der Waals surface area (Å²) in [4.78, 5) is 20.9. The number of aliphatic hydroxyl groups is 1. The number of para-hydroxylation sites is 1. The average Bonchev–Trinajstić information content (AvgIpc) is 3.32. The number of alkyl halides is 6. The number of benzene rings is 2. The molecule has 2 atom stereocenters. The van der Waals surface area contributed by atoms with Crippen LogP contribution >= 0.6 is 0 Å². The van der Waals surface area contributed by atoms with Crippen molar-refractivity contribution in [2.45, 2.75) is 23.5 Å². The molecule has 1 aliphatic rings. The molecule has 0 aliphatic carbocycles. The molecule has 1 amide bonds. The van der Waals surface area contributed by atoms with Crippen LogP contribution < -0.4 is 20.5 Å². The summed E-state index contributed by atoms with van der Waals surface area (Å²) >= 11 is 0. The molecule has 4 N–H and O–H groups in total. The Kier molecular flexibility index (Phi) is 7.21. The SMILES string of the molecule is COc1cc(C(=O)NC[C@](O)(c2cc3c(c(-c4ccc(F)cc4)n2)OC[C@@]3(N)C(F)(F)F)C(F)(F)F)nc2ccccc12. The summed E-state index contributed by atoms with van der Waals surface area (Å²) < 4.78 is 110. The molecule has 0 bridgehead atoms. The van der Waals surface area contributed by atoms with Gasteiger partial charge in [-0.05, 0) is 42.5 Å². The lowest BCUT2D eigenvalue weighted by Gasteiger charge is -2.32. The first-order valence-corrected chi connectivity index (χ1v) is 12.4. The summed E-state index contributed by atoms with van der Waals surface area (Å²) in [5, 5.41) is 13.5. The van der Waals surface area contributed by atoms with Gasteiger partial charge in [0.15, 0.2) is 11.3 Å². The zero-order valence-corrected chi connectivity index (χ0v) is 22.0. The third-order valence-electron chi connectivity index (χ3n) is 7.05. The molecule has 0 spiro atoms. The number of fused-ring (bicyclic) bond motifs is 2. The van der Waals surface area contributed by atoms with E-state index in [0.29, 0.717) is 11.5 Å². The van der Waals surface area contributed by atoms with Crippen LogP contribution in [0, 0.1) is 5.82 Å². The maximum Gasteiger partial charge on any atom is 0.424 e. The number of ether oxygens (including phenoxy) is 2. The van der Waals surface area contributed by atoms with Gasteiger partial charge in [0.2, 0.25) is 5.60 Å². The van der Waals surface area contributed by atoms with Crippen molar-refractivity contribution in [1.82, 2.24) is 15.3 Å². The van der Waals surface area contributed by atoms with E-state index in [1.807, 2.05) is 5.32 Å². The highest BCUT2D eigenvalue weighted by atomic mass is 19.4. The Hall–Kier alpha value is -4.50. The van der Waals surface area contributed by atoms with E-state index in [-0.39, 0.29) is 22.5 Å². The number of carbonyl (C=O) groups is 1. The molecule has 43 heavy (non-hydrogen) atoms. The second kappa shape index (κ2) is 10.3. The Balaban J connectivity index is 1.60. The summed E-state index contributed by atoms with van der Waals surface area (Å²) in [6.07, 6.45) is -10.8. The maximum absolute atomic E-state index is 14.5. The lowest BCUT2D eigenvalue weighted by Crippen LogP contribution is -2.53. The molecule has 15 heteroatoms. The number of amides is 1. The van der Waals surface area contributed by atoms with Gasteiger partial charge in [0.25, 0.3) is 5.91 Å². The molecule has 0 saturated heterocycles. The van der Waals surface area contributed by atoms with Gasteiger partial charge < -0.3 is 25.6 Å². The molecule has 5 rings (SSSR count). The fourth-order valence-corrected chi connectivity index (χ4v) is 4.59. The van der Waals surface area contributed by atoms with Crippen LogP contribution in [-0.4, -0.2) is 53.6 Å². The van der Waals surface area contributed by atoms with E-state index in [9.17, 15) is 40.6 Å². The first-order valence-electron chi connectivity index (χ1n) is 12.4. The zero-order valence-electron chi connectivity index (χ0n) is 22.0. The van der Waals surface area contributed by atoms with E-state index >= 15 is 0 Å². The number of halogens is 7. The highest BCUT2D eigenvalue weighted by molar-refractivity contribution is 5.97. The molecule has 0 radical (unpaired) electrons. The summed E-state index contributed by atoms with van der Waals surface area (Å²) in [5.41, 5.74) is -4.67. The Morgan fingerprint density at radius 1 is 1.07 bits per heavy atom. The zero-order chi connectivity index (χ0) is 31.4. The van der Waals surface area contributed by atoms with Crippen molar-refractivity contribution < 1.29 is 50.1 Å². The molecule has 3 heterocycles. The van der Waals surface area contributed by atoms with E-state index in [2.05, 4.69) is 9.97 Å². The number of hydrogen-bond acceptors (Lipinski definition) is 7. The predicted octanol–water partition coefficient (Wildman–Crippen LogP) is 4.73. The van der Waals surface area contributed by atoms with Gasteiger partial charge in [0.1, 0.15) is 29.6 Å². The Bertz CT molecular complexity index is 1710. The van der Waals surface area contributed by atoms with Crippen LogP contribution in [0.1, 0.15) is 21.7 Å². The summed E-state index contributed by atoms with van der Waals surface area (Å²) in [7, 11) is 1.31. The van der Waals surface area contributed by atoms with E-state index in [1.165, 1.54) is 19.2 Å². The smallest absolute Gasteiger partial charge is 0.424 e. The average molecular weight is 610 g/mol. The second-order valence-electron chi connectivity index (χ2n) is 9.77. The van der Waals surface area contributed by atoms with Gasteiger partial charge >= 0.3 is 12.4 Å². The van der Waals surface area contributed by atoms with Crippen LogP contribution in [0.5, 0.6) is 11.5 Å². The van der Waals surface area contributed by atoms with E-state index in [1.54, 1.807) is 18.2 Å². The minimum absolute atomic E-state index is 0.119. The number of nitrogens with zero attached hydrogens (tertiary/aromatic N) is 2. The monoisotopic (exact) mass is 610 g/mol. The molecule has 0 saturated carbocycles. The van der Waals surface area contributed by atoms with Crippen molar-refractivity contribution >= 4 is 16.8 Å². The van der Waals surface area contributed by atoms with Crippen molar-refractivity contribution in [1.29, 1.82) is 0 Å². The number of carbonyl (C=O) groups excluding carboxylic acids is 1. The van der Waals surface area contributed by atoms with Gasteiger partial charge in [-0.15, -0.1) is 0 Å². The standard InChI is InChI=1S/C28H21F7N4O4/c1-42-20-11-19(38-18-5-3-2-4-16(18)20)24(40)37-12-26(41,28(33,34)35)21-10-17-23(43-13-25(17,36)27(30,31)32)22(39-21)14-6-8-15(29)9-7-14/h2-11,41H,12-13,36H2,1H3,(H,37,40)/t25-,26-/m0/s1. The van der Waals surface area contributed by atoms with Crippen molar-refractivity contribution in [3.05, 3.63) is 83.4 Å². The Labute approximate surface area is 238 Å². The fourth-order valence-electron chi connectivity index (χ4n) is 4.59. The van der Waals surface area contributed by atoms with Crippen LogP contribution in [0.3, 0.4) is 0 Å². The van der Waals surface area contributed by atoms with Crippen LogP contribution in [-0.2, 0) is 11.1 Å². The molecule has 1 aliphatic heterocycles. The molecule has 2 aromatic carbocycles. The number of aromatic nitrogens is 2. The molecule has 8 nitrogen and oxygen atoms in total. The molecule has 0 fully saturated rings. The molecule has 226 valence electrons. The number of hydrogen-bond donors (Lipinski definition) is 3. The number of pyridine rings is 2. The van der Waals surface area contributed by atoms with Crippen LogP contribution in [0.15, 0.2) is 60.7 Å². The van der Waals surface area contributed by atoms with Crippen LogP contribution in [0.4, 0.5) is 30.7 Å². The first-order chi connectivity index (χ1) is 20.1. The lowest BCUT2D eigenvalue weighted by atomic mass is 9.87. The van der Waals surface area contributed by atoms with Crippen molar-refractivity contribution in [2.24, 2.45) is 5.73 Å². The predicted molar refractivity (Wildman–Crippen MR) is 138 cm³/mol. The quantitative estimate of drug-likeness (QED) is 0.270. The Morgan fingerprint density at radius 2 is 1.74 bits per heavy atom. The summed E-state index contributed by atoms with van der Waals surface area (Å²) in [6, 6.07) is 11.9. The van der Waals surface area contributed by atoms with E-state index in [0.717, 1.165) is 24.3 Å². The van der Waals surface area contributed by atoms with Gasteiger partial charge in [0.05, 0.1) is 24.9 Å². The summed E-state index contributed by atoms with van der Waals surface area (Å²) in [5.74, 6) is -2.29. The minimum atomic E-state index is -5.58. The number of methoxy groups -OCH3 is 1. The minimum Gasteiger partial charge on any atom is -0.496 e. The molecular weight excluding hydrogens is 589 g/mol. The molecule has 2 aromatic heterocycles. The normalized spacial score (nSPS) is 18.1. The summed E-state index contributed by atoms with van der Waals surface area (Å²) in [6.45, 7) is -2.77. The fraction of sp³-hybridized carbons (Fsp3) is 0.250. The lowest BCUT2D eigenvalue weighted by molar-refractivity contribution is -0.265. The number of nitrogens with one attached hydrogen (secondary N) is 1. The third-order valence-corrected chi connectivity index (χ3v) is 7.05. The largest absolute Gasteiger partial charge is 0.496 e. The third kappa shape index (κ3) is 5.07. The second-order valence-corrected chi connectivity index (χ2v) is 9.77. The topological polar surface area (TPSA) is 120 Å². The molecule has 4 aromatic rings. The first kappa shape index (κ1) is 30.0. The van der Waals surface area contributed by atoms with Gasteiger partial charge in [-0.1, -0.05) is 12.1 Å². The van der Waals surface area contributed by atoms with Gasteiger partial charge in [-0.3, -0.25) is 4.79 Å². The van der Waals surface area contributed by atoms with E-state index in [4.69, 9.17) is 15.2 Å². The maximum atomic E-state index is 14.5. The molecule has 0 unspecified atom stereocenters. The number of rotatable bonds is 6. The van der Waals surface area contributed by atoms with E-state index < -0.39 is 71.1 Å². The number of nitrogens with two attached hydrogens (primary N) is 1. The van der Waals surface area contributed by atoms with Crippen molar-refractivity contribution in [3.63, 3.8) is 0 Å². The van der Waals surface area contributed by atoms with Crippen LogP contribution in [0.25, 0.3) is 22.2 Å². The van der Waals surface area contributed by atoms with Gasteiger partial charge in [-0.25, -0.2) is 14.4 Å². The highest BCUT2D eigenvalue weighted by Gasteiger charge is 2.61. The highest BCUT2D eigenvalue weighted by Crippen LogP contribution is 2.51. The van der Waals surface area contributed by atoms with Gasteiger partial charge in [0, 0.05) is 22.6 Å². The van der Waals surface area contributed by atoms with Crippen LogP contribution in [0.2, 0.25) is 0 Å². The Morgan fingerprint density at radius 3 is 2.37 bits per heavy atom. The van der Waals surface area contributed by atoms with Crippen molar-refractivity contribution in [3.8, 4) is 22.8 Å². The van der Waals surface area contributed by atoms with Crippen molar-refractivity contribution in [2.75, 3.05) is 20.3 Å². The molecular formula is C28H21F7N4O4.